The molecule has 3 heteroatoms. The van der Waals surface area contributed by atoms with Crippen LogP contribution in [-0.4, -0.2) is 11.1 Å². The van der Waals surface area contributed by atoms with Crippen molar-refractivity contribution in [2.75, 3.05) is 0 Å². The minimum atomic E-state index is -0.619. The molecule has 0 aliphatic heterocycles. The Morgan fingerprint density at radius 3 is 2.67 bits per heavy atom. The molecule has 1 N–H and O–H groups in total. The Kier molecular flexibility index (Phi) is 2.89. The van der Waals surface area contributed by atoms with Crippen molar-refractivity contribution in [3.63, 3.8) is 0 Å². The Morgan fingerprint density at radius 1 is 1.28 bits per heavy atom. The molecule has 0 atom stereocenters. The molecule has 0 amide bonds. The van der Waals surface area contributed by atoms with Gasteiger partial charge in [-0.05, 0) is 67.2 Å². The lowest BCUT2D eigenvalue weighted by molar-refractivity contribution is -0.143. The van der Waals surface area contributed by atoms with E-state index in [4.69, 9.17) is 5.11 Å². The lowest BCUT2D eigenvalue weighted by Crippen LogP contribution is -2.32. The second-order valence-electron chi connectivity index (χ2n) is 5.73. The van der Waals surface area contributed by atoms with Gasteiger partial charge in [0.2, 0.25) is 0 Å². The molecule has 1 aromatic carbocycles. The lowest BCUT2D eigenvalue weighted by Gasteiger charge is -2.37. The van der Waals surface area contributed by atoms with Crippen molar-refractivity contribution >= 4 is 18.6 Å². The summed E-state index contributed by atoms with van der Waals surface area (Å²) in [6.07, 6.45) is 6.02. The van der Waals surface area contributed by atoms with Crippen LogP contribution in [0.2, 0.25) is 0 Å². The molecule has 0 unspecified atom stereocenters. The van der Waals surface area contributed by atoms with Crippen LogP contribution in [0.15, 0.2) is 23.1 Å². The number of rotatable bonds is 1. The van der Waals surface area contributed by atoms with Gasteiger partial charge >= 0.3 is 5.97 Å². The number of fused-ring (bicyclic) bond motifs is 2. The number of hydrogen-bond donors (Lipinski definition) is 2. The van der Waals surface area contributed by atoms with Gasteiger partial charge in [-0.25, -0.2) is 0 Å². The molecule has 1 saturated carbocycles. The molecular weight excluding hydrogens is 244 g/mol. The fourth-order valence-corrected chi connectivity index (χ4v) is 3.93. The van der Waals surface area contributed by atoms with Crippen LogP contribution in [0.1, 0.15) is 43.2 Å². The standard InChI is InChI=1S/C15H18O2S/c16-14(17)11-4-7-15(8-5-11)6-3-10-1-2-12(18)9-13(10)15/h1-2,9,11,18H,3-8H2,(H,16,17). The van der Waals surface area contributed by atoms with E-state index in [2.05, 4.69) is 30.8 Å². The molecule has 1 aromatic rings. The van der Waals surface area contributed by atoms with Crippen LogP contribution in [0.25, 0.3) is 0 Å². The number of thiol groups is 1. The van der Waals surface area contributed by atoms with Gasteiger partial charge in [-0.15, -0.1) is 12.6 Å². The number of aryl methyl sites for hydroxylation is 1. The Hall–Kier alpha value is -0.960. The van der Waals surface area contributed by atoms with Crippen molar-refractivity contribution in [2.45, 2.75) is 48.8 Å². The van der Waals surface area contributed by atoms with Gasteiger partial charge in [0, 0.05) is 4.90 Å². The molecular formula is C15H18O2S. The van der Waals surface area contributed by atoms with Crippen LogP contribution in [0, 0.1) is 5.92 Å². The van der Waals surface area contributed by atoms with Crippen molar-refractivity contribution in [1.29, 1.82) is 0 Å². The molecule has 2 aliphatic carbocycles. The Labute approximate surface area is 113 Å². The first-order chi connectivity index (χ1) is 8.61. The second-order valence-corrected chi connectivity index (χ2v) is 6.25. The lowest BCUT2D eigenvalue weighted by atomic mass is 9.67. The van der Waals surface area contributed by atoms with Gasteiger partial charge in [0.1, 0.15) is 0 Å². The maximum atomic E-state index is 11.0. The highest BCUT2D eigenvalue weighted by atomic mass is 32.1. The number of benzene rings is 1. The van der Waals surface area contributed by atoms with Crippen LogP contribution in [0.4, 0.5) is 0 Å². The van der Waals surface area contributed by atoms with Gasteiger partial charge in [-0.1, -0.05) is 6.07 Å². The summed E-state index contributed by atoms with van der Waals surface area (Å²) in [5.74, 6) is -0.745. The average molecular weight is 262 g/mol. The Balaban J connectivity index is 1.88. The van der Waals surface area contributed by atoms with Gasteiger partial charge in [0.05, 0.1) is 5.92 Å². The Morgan fingerprint density at radius 2 is 2.00 bits per heavy atom. The first-order valence-corrected chi connectivity index (χ1v) is 7.11. The van der Waals surface area contributed by atoms with Crippen molar-refractivity contribution in [1.82, 2.24) is 0 Å². The van der Waals surface area contributed by atoms with E-state index in [9.17, 15) is 4.79 Å². The first kappa shape index (κ1) is 12.1. The molecule has 0 saturated heterocycles. The number of carboxylic acid groups (broad SMARTS) is 1. The van der Waals surface area contributed by atoms with Crippen molar-refractivity contribution in [2.24, 2.45) is 5.92 Å². The van der Waals surface area contributed by atoms with E-state index in [1.807, 2.05) is 0 Å². The number of aliphatic carboxylic acids is 1. The average Bonchev–Trinajstić information content (AvgIpc) is 2.69. The summed E-state index contributed by atoms with van der Waals surface area (Å²) in [5.41, 5.74) is 3.14. The van der Waals surface area contributed by atoms with E-state index >= 15 is 0 Å². The van der Waals surface area contributed by atoms with E-state index < -0.39 is 5.97 Å². The predicted molar refractivity (Wildman–Crippen MR) is 73.3 cm³/mol. The quantitative estimate of drug-likeness (QED) is 0.761. The van der Waals surface area contributed by atoms with Gasteiger partial charge in [0.15, 0.2) is 0 Å². The van der Waals surface area contributed by atoms with Gasteiger partial charge < -0.3 is 5.11 Å². The van der Waals surface area contributed by atoms with Crippen molar-refractivity contribution in [3.05, 3.63) is 29.3 Å². The highest BCUT2D eigenvalue weighted by molar-refractivity contribution is 7.80. The fraction of sp³-hybridized carbons (Fsp3) is 0.533. The highest BCUT2D eigenvalue weighted by Crippen LogP contribution is 2.50. The van der Waals surface area contributed by atoms with E-state index in [0.717, 1.165) is 37.0 Å². The molecule has 18 heavy (non-hydrogen) atoms. The minimum Gasteiger partial charge on any atom is -0.481 e. The molecule has 2 nitrogen and oxygen atoms in total. The molecule has 1 fully saturated rings. The maximum absolute atomic E-state index is 11.0. The zero-order valence-corrected chi connectivity index (χ0v) is 11.2. The molecule has 3 rings (SSSR count). The summed E-state index contributed by atoms with van der Waals surface area (Å²) < 4.78 is 0. The zero-order valence-electron chi connectivity index (χ0n) is 10.4. The first-order valence-electron chi connectivity index (χ1n) is 6.66. The SMILES string of the molecule is O=C(O)C1CCC2(CCc3ccc(S)cc32)CC1. The zero-order chi connectivity index (χ0) is 12.8. The number of hydrogen-bond acceptors (Lipinski definition) is 2. The molecule has 0 heterocycles. The summed E-state index contributed by atoms with van der Waals surface area (Å²) in [4.78, 5) is 12.1. The second kappa shape index (κ2) is 4.30. The third-order valence-corrected chi connectivity index (χ3v) is 5.11. The smallest absolute Gasteiger partial charge is 0.306 e. The summed E-state index contributed by atoms with van der Waals surface area (Å²) >= 11 is 4.44. The van der Waals surface area contributed by atoms with E-state index in [1.54, 1.807) is 0 Å². The van der Waals surface area contributed by atoms with Gasteiger partial charge in [-0.3, -0.25) is 4.79 Å². The largest absolute Gasteiger partial charge is 0.481 e. The van der Waals surface area contributed by atoms with Crippen LogP contribution in [0.5, 0.6) is 0 Å². The summed E-state index contributed by atoms with van der Waals surface area (Å²) in [6.45, 7) is 0. The van der Waals surface area contributed by atoms with E-state index in [0.29, 0.717) is 0 Å². The van der Waals surface area contributed by atoms with E-state index in [1.165, 1.54) is 17.5 Å². The predicted octanol–water partition coefficient (Wildman–Crippen LogP) is 3.43. The van der Waals surface area contributed by atoms with Crippen molar-refractivity contribution in [3.8, 4) is 0 Å². The van der Waals surface area contributed by atoms with Crippen LogP contribution < -0.4 is 0 Å². The summed E-state index contributed by atoms with van der Waals surface area (Å²) in [5, 5.41) is 9.10. The van der Waals surface area contributed by atoms with E-state index in [-0.39, 0.29) is 11.3 Å². The molecule has 1 spiro atoms. The summed E-state index contributed by atoms with van der Waals surface area (Å²) in [7, 11) is 0. The van der Waals surface area contributed by atoms with Crippen LogP contribution >= 0.6 is 12.6 Å². The fourth-order valence-electron chi connectivity index (χ4n) is 3.72. The van der Waals surface area contributed by atoms with Crippen LogP contribution in [-0.2, 0) is 16.6 Å². The third kappa shape index (κ3) is 1.85. The number of carboxylic acids is 1. The normalized spacial score (nSPS) is 30.4. The van der Waals surface area contributed by atoms with Gasteiger partial charge in [0.25, 0.3) is 0 Å². The monoisotopic (exact) mass is 262 g/mol. The molecule has 0 aromatic heterocycles. The van der Waals surface area contributed by atoms with Crippen molar-refractivity contribution < 1.29 is 9.90 Å². The third-order valence-electron chi connectivity index (χ3n) is 4.83. The molecule has 0 radical (unpaired) electrons. The summed E-state index contributed by atoms with van der Waals surface area (Å²) in [6, 6.07) is 6.45. The molecule has 2 aliphatic rings. The number of carbonyl (C=O) groups is 1. The minimum absolute atomic E-state index is 0.126. The molecule has 96 valence electrons. The van der Waals surface area contributed by atoms with Crippen LogP contribution in [0.3, 0.4) is 0 Å². The topological polar surface area (TPSA) is 37.3 Å². The highest BCUT2D eigenvalue weighted by Gasteiger charge is 2.42. The van der Waals surface area contributed by atoms with Gasteiger partial charge in [-0.2, -0.15) is 0 Å². The maximum Gasteiger partial charge on any atom is 0.306 e. The molecule has 0 bridgehead atoms. The Bertz CT molecular complexity index is 487.